The van der Waals surface area contributed by atoms with Crippen molar-refractivity contribution in [3.63, 3.8) is 0 Å². The molecule has 0 amide bonds. The Bertz CT molecular complexity index is 1230. The molecule has 2 saturated heterocycles. The van der Waals surface area contributed by atoms with Crippen molar-refractivity contribution in [2.45, 2.75) is 56.1 Å². The first-order valence-electron chi connectivity index (χ1n) is 13.6. The van der Waals surface area contributed by atoms with Crippen LogP contribution in [0.25, 0.3) is 0 Å². The molecule has 2 aromatic rings. The first-order valence-corrected chi connectivity index (χ1v) is 13.6. The Hall–Kier alpha value is -3.43. The van der Waals surface area contributed by atoms with Gasteiger partial charge in [-0.05, 0) is 62.0 Å². The molecule has 1 spiro atoms. The lowest BCUT2D eigenvalue weighted by Gasteiger charge is -2.40. The van der Waals surface area contributed by atoms with E-state index in [4.69, 9.17) is 19.8 Å². The number of nitrogens with one attached hydrogen (secondary N) is 1. The number of aromatic nitrogens is 1. The van der Waals surface area contributed by atoms with Gasteiger partial charge in [0, 0.05) is 49.7 Å². The average molecular weight is 621 g/mol. The number of benzene rings is 1. The number of aryl methyl sites for hydroxylation is 1. The molecular formula is C28H34F6N4O5. The van der Waals surface area contributed by atoms with Crippen LogP contribution in [0.1, 0.15) is 42.0 Å². The van der Waals surface area contributed by atoms with E-state index in [9.17, 15) is 31.4 Å². The maximum atomic E-state index is 11.7. The number of piperidine rings is 1. The van der Waals surface area contributed by atoms with Crippen molar-refractivity contribution in [3.8, 4) is 0 Å². The summed E-state index contributed by atoms with van der Waals surface area (Å²) in [6.07, 6.45) is -3.48. The molecule has 9 nitrogen and oxygen atoms in total. The lowest BCUT2D eigenvalue weighted by molar-refractivity contribution is -0.193. The minimum absolute atomic E-state index is 0.0831. The highest BCUT2D eigenvalue weighted by molar-refractivity contribution is 5.73. The van der Waals surface area contributed by atoms with Crippen LogP contribution in [-0.4, -0.2) is 94.9 Å². The Morgan fingerprint density at radius 2 is 1.51 bits per heavy atom. The summed E-state index contributed by atoms with van der Waals surface area (Å²) in [4.78, 5) is 27.1. The van der Waals surface area contributed by atoms with Crippen molar-refractivity contribution in [2.75, 3.05) is 44.2 Å². The molecule has 2 atom stereocenters. The summed E-state index contributed by atoms with van der Waals surface area (Å²) >= 11 is 0. The van der Waals surface area contributed by atoms with E-state index < -0.39 is 24.3 Å². The van der Waals surface area contributed by atoms with Gasteiger partial charge in [0.1, 0.15) is 0 Å². The second-order valence-corrected chi connectivity index (χ2v) is 10.5. The van der Waals surface area contributed by atoms with Gasteiger partial charge in [0.05, 0.1) is 12.1 Å². The number of carboxylic acid groups (broad SMARTS) is 2. The van der Waals surface area contributed by atoms with Crippen molar-refractivity contribution < 1.29 is 51.3 Å². The van der Waals surface area contributed by atoms with Crippen molar-refractivity contribution in [3.05, 3.63) is 59.4 Å². The number of hydrogen-bond acceptors (Lipinski definition) is 7. The number of nitrogens with zero attached hydrogens (tertiary/aromatic N) is 3. The fraction of sp³-hybridized carbons (Fsp3) is 0.536. The molecule has 0 bridgehead atoms. The largest absolute Gasteiger partial charge is 0.490 e. The third-order valence-electron chi connectivity index (χ3n) is 7.92. The van der Waals surface area contributed by atoms with E-state index in [-0.39, 0.29) is 17.6 Å². The molecule has 0 radical (unpaired) electrons. The topological polar surface area (TPSA) is 126 Å². The maximum absolute atomic E-state index is 11.7. The van der Waals surface area contributed by atoms with Gasteiger partial charge in [-0.2, -0.15) is 26.3 Å². The summed E-state index contributed by atoms with van der Waals surface area (Å²) in [5.74, 6) is -5.51. The van der Waals surface area contributed by atoms with E-state index in [0.29, 0.717) is 0 Å². The molecule has 1 aromatic heterocycles. The number of carboxylic acids is 2. The van der Waals surface area contributed by atoms with Crippen LogP contribution in [-0.2, 0) is 15.0 Å². The predicted octanol–water partition coefficient (Wildman–Crippen LogP) is 3.91. The van der Waals surface area contributed by atoms with Gasteiger partial charge >= 0.3 is 24.3 Å². The summed E-state index contributed by atoms with van der Waals surface area (Å²) in [7, 11) is 0. The molecule has 5 rings (SSSR count). The smallest absolute Gasteiger partial charge is 0.475 e. The van der Waals surface area contributed by atoms with Gasteiger partial charge < -0.3 is 25.5 Å². The third kappa shape index (κ3) is 8.15. The van der Waals surface area contributed by atoms with Crippen LogP contribution in [0.4, 0.5) is 32.0 Å². The van der Waals surface area contributed by atoms with Gasteiger partial charge in [-0.15, -0.1) is 0 Å². The molecule has 3 aliphatic rings. The van der Waals surface area contributed by atoms with Gasteiger partial charge in [0.25, 0.3) is 0 Å². The highest BCUT2D eigenvalue weighted by atomic mass is 19.4. The number of pyridine rings is 1. The van der Waals surface area contributed by atoms with E-state index in [0.717, 1.165) is 58.5 Å². The quantitative estimate of drug-likeness (QED) is 0.370. The zero-order chi connectivity index (χ0) is 32.0. The molecule has 2 fully saturated rings. The minimum Gasteiger partial charge on any atom is -0.475 e. The van der Waals surface area contributed by atoms with Crippen LogP contribution in [0.3, 0.4) is 0 Å². The molecule has 3 heterocycles. The second kappa shape index (κ2) is 13.9. The van der Waals surface area contributed by atoms with Crippen LogP contribution in [0, 0.1) is 6.92 Å². The summed E-state index contributed by atoms with van der Waals surface area (Å²) in [5, 5.41) is 29.4. The molecule has 0 unspecified atom stereocenters. The molecule has 0 saturated carbocycles. The van der Waals surface area contributed by atoms with E-state index >= 15 is 0 Å². The molecule has 2 aliphatic heterocycles. The number of fused-ring (bicyclic) bond motifs is 2. The number of aliphatic carboxylic acids is 2. The monoisotopic (exact) mass is 620 g/mol. The van der Waals surface area contributed by atoms with Crippen LogP contribution < -0.4 is 10.2 Å². The number of carbonyl (C=O) groups is 2. The number of rotatable bonds is 2. The predicted molar refractivity (Wildman–Crippen MR) is 144 cm³/mol. The minimum atomic E-state index is -5.08. The summed E-state index contributed by atoms with van der Waals surface area (Å²) < 4.78 is 63.5. The highest BCUT2D eigenvalue weighted by Crippen LogP contribution is 2.52. The zero-order valence-corrected chi connectivity index (χ0v) is 23.3. The molecule has 15 heteroatoms. The first-order chi connectivity index (χ1) is 20.1. The Balaban J connectivity index is 0.000000303. The van der Waals surface area contributed by atoms with Crippen LogP contribution >= 0.6 is 0 Å². The Morgan fingerprint density at radius 3 is 2.07 bits per heavy atom. The summed E-state index contributed by atoms with van der Waals surface area (Å²) in [5.41, 5.74) is 5.20. The van der Waals surface area contributed by atoms with Crippen molar-refractivity contribution in [2.24, 2.45) is 0 Å². The third-order valence-corrected chi connectivity index (χ3v) is 7.92. The van der Waals surface area contributed by atoms with Gasteiger partial charge in [-0.3, -0.25) is 9.88 Å². The van der Waals surface area contributed by atoms with E-state index in [2.05, 4.69) is 57.4 Å². The Labute approximate surface area is 244 Å². The van der Waals surface area contributed by atoms with Crippen molar-refractivity contribution in [1.29, 1.82) is 0 Å². The standard InChI is InChI=1S/C24H32N4O.2C2HF3O2/c1-18-17-26-10-7-21(18)27-13-4-14-28(16-15-27)22-19-5-2-3-6-20(19)24(23(22)29)8-11-25-12-9-24;2*3-2(4,5)1(6)7/h2-3,5-7,10,17,22-23,25,29H,4,8-9,11-16H2,1H3;2*(H,6,7)/t22-,23+;;/m1../s1. The maximum Gasteiger partial charge on any atom is 0.490 e. The lowest BCUT2D eigenvalue weighted by atomic mass is 9.72. The van der Waals surface area contributed by atoms with Crippen molar-refractivity contribution >= 4 is 17.6 Å². The number of aliphatic hydroxyl groups excluding tert-OH is 1. The fourth-order valence-corrected chi connectivity index (χ4v) is 5.95. The zero-order valence-electron chi connectivity index (χ0n) is 23.3. The SMILES string of the molecule is Cc1cnccc1N1CCCN([C@@H]2c3ccccc3C3(CCNCC3)[C@H]2O)CC1.O=C(O)C(F)(F)F.O=C(O)C(F)(F)F. The van der Waals surface area contributed by atoms with E-state index in [1.807, 2.05) is 12.4 Å². The van der Waals surface area contributed by atoms with Crippen molar-refractivity contribution in [1.82, 2.24) is 15.2 Å². The van der Waals surface area contributed by atoms with E-state index in [1.54, 1.807) is 0 Å². The number of aliphatic hydroxyl groups is 1. The van der Waals surface area contributed by atoms with Crippen LogP contribution in [0.5, 0.6) is 0 Å². The number of alkyl halides is 6. The van der Waals surface area contributed by atoms with Crippen LogP contribution in [0.15, 0.2) is 42.7 Å². The average Bonchev–Trinajstić information content (AvgIpc) is 3.07. The second-order valence-electron chi connectivity index (χ2n) is 10.5. The highest BCUT2D eigenvalue weighted by Gasteiger charge is 2.53. The molecule has 1 aliphatic carbocycles. The Morgan fingerprint density at radius 1 is 0.930 bits per heavy atom. The first kappa shape index (κ1) is 34.1. The van der Waals surface area contributed by atoms with E-state index in [1.165, 1.54) is 22.4 Å². The van der Waals surface area contributed by atoms with Gasteiger partial charge in [0.15, 0.2) is 0 Å². The lowest BCUT2D eigenvalue weighted by Crippen LogP contribution is -2.49. The molecule has 4 N–H and O–H groups in total. The Kier molecular flexibility index (Phi) is 11.0. The fourth-order valence-electron chi connectivity index (χ4n) is 5.95. The summed E-state index contributed by atoms with van der Waals surface area (Å²) in [6.45, 7) is 8.19. The van der Waals surface area contributed by atoms with Gasteiger partial charge in [-0.1, -0.05) is 24.3 Å². The molecule has 43 heavy (non-hydrogen) atoms. The molecule has 1 aromatic carbocycles. The normalized spacial score (nSPS) is 21.9. The molecule has 238 valence electrons. The number of hydrogen-bond donors (Lipinski definition) is 4. The van der Waals surface area contributed by atoms with Gasteiger partial charge in [0.2, 0.25) is 0 Å². The number of halogens is 6. The summed E-state index contributed by atoms with van der Waals surface area (Å²) in [6, 6.07) is 11.1. The van der Waals surface area contributed by atoms with Gasteiger partial charge in [-0.25, -0.2) is 9.59 Å². The number of anilines is 1. The van der Waals surface area contributed by atoms with Crippen LogP contribution in [0.2, 0.25) is 0 Å². The molecular weight excluding hydrogens is 586 g/mol.